The lowest BCUT2D eigenvalue weighted by Crippen LogP contribution is -2.47. The number of rotatable bonds is 8. The predicted octanol–water partition coefficient (Wildman–Crippen LogP) is 1.82. The number of hydrogen-bond acceptors (Lipinski definition) is 6. The molecule has 1 aromatic rings. The second-order valence-corrected chi connectivity index (χ2v) is 5.63. The highest BCUT2D eigenvalue weighted by atomic mass is 16.5. The molecule has 0 bridgehead atoms. The number of benzene rings is 1. The molecule has 0 aliphatic heterocycles. The summed E-state index contributed by atoms with van der Waals surface area (Å²) in [5.41, 5.74) is 1.23. The molecule has 1 rings (SSSR count). The molecule has 0 heterocycles. The number of carbonyl (C=O) groups is 3. The average Bonchev–Trinajstić information content (AvgIpc) is 2.67. The van der Waals surface area contributed by atoms with Gasteiger partial charge in [-0.3, -0.25) is 4.79 Å². The van der Waals surface area contributed by atoms with E-state index >= 15 is 0 Å². The largest absolute Gasteiger partial charge is 0.467 e. The van der Waals surface area contributed by atoms with Crippen molar-refractivity contribution in [2.45, 2.75) is 26.3 Å². The Bertz CT molecular complexity index is 704. The van der Waals surface area contributed by atoms with Crippen LogP contribution in [0.4, 0.5) is 0 Å². The fourth-order valence-corrected chi connectivity index (χ4v) is 2.03. The highest BCUT2D eigenvalue weighted by Gasteiger charge is 2.26. The Kier molecular flexibility index (Phi) is 8.58. The van der Waals surface area contributed by atoms with E-state index in [4.69, 9.17) is 10.00 Å². The van der Waals surface area contributed by atoms with Gasteiger partial charge in [-0.15, -0.1) is 0 Å². The molecule has 0 radical (unpaired) electrons. The maximum Gasteiger partial charge on any atom is 0.331 e. The molecule has 7 heteroatoms. The standard InChI is InChI=1S/C19H22N2O5/c1-4-13(2)18(19(24)25-3)21-16(22)12-26-17(23)10-9-14-5-7-15(11-20)8-6-14/h5-10,13,18H,4,12H2,1-3H3,(H,21,22)/b10-9+/t13-,18+/m0/s1. The summed E-state index contributed by atoms with van der Waals surface area (Å²) in [6.45, 7) is 3.20. The fourth-order valence-electron chi connectivity index (χ4n) is 2.03. The third-order valence-corrected chi connectivity index (χ3v) is 3.78. The van der Waals surface area contributed by atoms with E-state index in [1.165, 1.54) is 19.3 Å². The first-order chi connectivity index (χ1) is 12.4. The molecule has 26 heavy (non-hydrogen) atoms. The van der Waals surface area contributed by atoms with Crippen LogP contribution in [0.3, 0.4) is 0 Å². The summed E-state index contributed by atoms with van der Waals surface area (Å²) in [7, 11) is 1.25. The molecule has 0 spiro atoms. The van der Waals surface area contributed by atoms with Crippen molar-refractivity contribution < 1.29 is 23.9 Å². The summed E-state index contributed by atoms with van der Waals surface area (Å²) in [4.78, 5) is 35.3. The fraction of sp³-hybridized carbons (Fsp3) is 0.368. The summed E-state index contributed by atoms with van der Waals surface area (Å²) in [5, 5.41) is 11.2. The van der Waals surface area contributed by atoms with Crippen molar-refractivity contribution in [3.05, 3.63) is 41.5 Å². The highest BCUT2D eigenvalue weighted by Crippen LogP contribution is 2.09. The Balaban J connectivity index is 2.52. The molecule has 1 N–H and O–H groups in total. The van der Waals surface area contributed by atoms with E-state index in [0.29, 0.717) is 17.5 Å². The topological polar surface area (TPSA) is 105 Å². The summed E-state index contributed by atoms with van der Waals surface area (Å²) in [5.74, 6) is -1.93. The van der Waals surface area contributed by atoms with Crippen LogP contribution >= 0.6 is 0 Å². The maximum absolute atomic E-state index is 11.9. The summed E-state index contributed by atoms with van der Waals surface area (Å²) < 4.78 is 9.53. The SMILES string of the molecule is CC[C@H](C)[C@@H](NC(=O)COC(=O)/C=C/c1ccc(C#N)cc1)C(=O)OC. The van der Waals surface area contributed by atoms with Crippen LogP contribution in [0.5, 0.6) is 0 Å². The number of nitrogens with one attached hydrogen (secondary N) is 1. The molecule has 0 unspecified atom stereocenters. The number of nitrogens with zero attached hydrogens (tertiary/aromatic N) is 1. The van der Waals surface area contributed by atoms with Crippen molar-refractivity contribution in [1.29, 1.82) is 5.26 Å². The van der Waals surface area contributed by atoms with Crippen LogP contribution in [0.1, 0.15) is 31.4 Å². The Morgan fingerprint density at radius 3 is 2.46 bits per heavy atom. The monoisotopic (exact) mass is 358 g/mol. The van der Waals surface area contributed by atoms with Crippen molar-refractivity contribution in [3.8, 4) is 6.07 Å². The van der Waals surface area contributed by atoms with Gasteiger partial charge in [0.1, 0.15) is 6.04 Å². The van der Waals surface area contributed by atoms with Crippen LogP contribution in [-0.4, -0.2) is 37.6 Å². The van der Waals surface area contributed by atoms with Gasteiger partial charge in [0.25, 0.3) is 5.91 Å². The van der Waals surface area contributed by atoms with E-state index in [2.05, 4.69) is 10.1 Å². The van der Waals surface area contributed by atoms with Crippen LogP contribution < -0.4 is 5.32 Å². The normalized spacial score (nSPS) is 12.7. The zero-order chi connectivity index (χ0) is 19.5. The molecule has 7 nitrogen and oxygen atoms in total. The first-order valence-electron chi connectivity index (χ1n) is 8.13. The van der Waals surface area contributed by atoms with Crippen molar-refractivity contribution >= 4 is 23.9 Å². The van der Waals surface area contributed by atoms with Gasteiger partial charge in [-0.2, -0.15) is 5.26 Å². The molecule has 0 fully saturated rings. The Morgan fingerprint density at radius 1 is 1.27 bits per heavy atom. The zero-order valence-electron chi connectivity index (χ0n) is 15.0. The minimum absolute atomic E-state index is 0.113. The number of ether oxygens (including phenoxy) is 2. The molecule has 138 valence electrons. The molecule has 0 aliphatic carbocycles. The van der Waals surface area contributed by atoms with Crippen LogP contribution in [0.2, 0.25) is 0 Å². The van der Waals surface area contributed by atoms with Gasteiger partial charge in [0.15, 0.2) is 6.61 Å². The van der Waals surface area contributed by atoms with E-state index in [1.807, 2.05) is 19.9 Å². The van der Waals surface area contributed by atoms with Gasteiger partial charge >= 0.3 is 11.9 Å². The quantitative estimate of drug-likeness (QED) is 0.561. The number of amides is 1. The molecule has 0 saturated heterocycles. The third kappa shape index (κ3) is 6.77. The van der Waals surface area contributed by atoms with E-state index in [0.717, 1.165) is 0 Å². The lowest BCUT2D eigenvalue weighted by Gasteiger charge is -2.21. The van der Waals surface area contributed by atoms with Gasteiger partial charge < -0.3 is 14.8 Å². The Labute approximate surface area is 152 Å². The first kappa shape index (κ1) is 20.9. The van der Waals surface area contributed by atoms with Crippen molar-refractivity contribution in [2.75, 3.05) is 13.7 Å². The average molecular weight is 358 g/mol. The lowest BCUT2D eigenvalue weighted by atomic mass is 9.99. The molecular formula is C19H22N2O5. The molecule has 2 atom stereocenters. The summed E-state index contributed by atoms with van der Waals surface area (Å²) >= 11 is 0. The number of esters is 2. The van der Waals surface area contributed by atoms with Gasteiger partial charge in [-0.05, 0) is 29.7 Å². The van der Waals surface area contributed by atoms with Crippen molar-refractivity contribution in [3.63, 3.8) is 0 Å². The van der Waals surface area contributed by atoms with Crippen LogP contribution in [0.15, 0.2) is 30.3 Å². The van der Waals surface area contributed by atoms with Crippen LogP contribution in [0.25, 0.3) is 6.08 Å². The number of hydrogen-bond donors (Lipinski definition) is 1. The Hall–Kier alpha value is -3.14. The van der Waals surface area contributed by atoms with Gasteiger partial charge in [-0.1, -0.05) is 32.4 Å². The smallest absolute Gasteiger partial charge is 0.331 e. The molecule has 1 amide bonds. The summed E-state index contributed by atoms with van der Waals surface area (Å²) in [6.07, 6.45) is 3.37. The number of nitriles is 1. The lowest BCUT2D eigenvalue weighted by molar-refractivity contribution is -0.148. The van der Waals surface area contributed by atoms with E-state index in [1.54, 1.807) is 24.3 Å². The van der Waals surface area contributed by atoms with Crippen molar-refractivity contribution in [2.24, 2.45) is 5.92 Å². The third-order valence-electron chi connectivity index (χ3n) is 3.78. The molecule has 1 aromatic carbocycles. The molecule has 0 saturated carbocycles. The second-order valence-electron chi connectivity index (χ2n) is 5.63. The minimum Gasteiger partial charge on any atom is -0.467 e. The van der Waals surface area contributed by atoms with Crippen LogP contribution in [-0.2, 0) is 23.9 Å². The Morgan fingerprint density at radius 2 is 1.92 bits per heavy atom. The maximum atomic E-state index is 11.9. The number of methoxy groups -OCH3 is 1. The predicted molar refractivity (Wildman–Crippen MR) is 94.6 cm³/mol. The van der Waals surface area contributed by atoms with E-state index < -0.39 is 30.5 Å². The van der Waals surface area contributed by atoms with Gasteiger partial charge in [0, 0.05) is 6.08 Å². The zero-order valence-corrected chi connectivity index (χ0v) is 15.0. The molecular weight excluding hydrogens is 336 g/mol. The first-order valence-corrected chi connectivity index (χ1v) is 8.13. The highest BCUT2D eigenvalue weighted by molar-refractivity contribution is 5.90. The van der Waals surface area contributed by atoms with E-state index in [-0.39, 0.29) is 5.92 Å². The summed E-state index contributed by atoms with van der Waals surface area (Å²) in [6, 6.07) is 7.83. The number of carbonyl (C=O) groups excluding carboxylic acids is 3. The molecule has 0 aromatic heterocycles. The van der Waals surface area contributed by atoms with Crippen molar-refractivity contribution in [1.82, 2.24) is 5.32 Å². The van der Waals surface area contributed by atoms with Crippen LogP contribution in [0, 0.1) is 17.2 Å². The van der Waals surface area contributed by atoms with Gasteiger partial charge in [-0.25, -0.2) is 9.59 Å². The molecule has 0 aliphatic rings. The second kappa shape index (κ2) is 10.7. The minimum atomic E-state index is -0.787. The van der Waals surface area contributed by atoms with Gasteiger partial charge in [0.2, 0.25) is 0 Å². The van der Waals surface area contributed by atoms with E-state index in [9.17, 15) is 14.4 Å². The van der Waals surface area contributed by atoms with Gasteiger partial charge in [0.05, 0.1) is 18.7 Å².